The maximum Gasteiger partial charge on any atom is 0.228 e. The van der Waals surface area contributed by atoms with Gasteiger partial charge in [0.1, 0.15) is 5.82 Å². The summed E-state index contributed by atoms with van der Waals surface area (Å²) in [6.07, 6.45) is 0.302. The first kappa shape index (κ1) is 13.7. The van der Waals surface area contributed by atoms with E-state index < -0.39 is 0 Å². The number of amides is 1. The zero-order chi connectivity index (χ0) is 13.8. The summed E-state index contributed by atoms with van der Waals surface area (Å²) in [4.78, 5) is 11.9. The Balaban J connectivity index is 2.08. The fourth-order valence-electron chi connectivity index (χ4n) is 1.77. The first-order valence-electron chi connectivity index (χ1n) is 5.85. The van der Waals surface area contributed by atoms with E-state index in [1.54, 1.807) is 0 Å². The van der Waals surface area contributed by atoms with Crippen LogP contribution in [-0.4, -0.2) is 5.91 Å². The lowest BCUT2D eigenvalue weighted by Crippen LogP contribution is -2.15. The third kappa shape index (κ3) is 3.64. The van der Waals surface area contributed by atoms with E-state index >= 15 is 0 Å². The van der Waals surface area contributed by atoms with Crippen LogP contribution in [0.1, 0.15) is 11.1 Å². The van der Waals surface area contributed by atoms with Crippen molar-refractivity contribution in [2.75, 3.05) is 5.32 Å². The highest BCUT2D eigenvalue weighted by molar-refractivity contribution is 9.10. The van der Waals surface area contributed by atoms with E-state index in [2.05, 4.69) is 21.2 Å². The molecule has 0 aliphatic rings. The molecule has 2 aromatic rings. The van der Waals surface area contributed by atoms with E-state index in [-0.39, 0.29) is 11.7 Å². The SMILES string of the molecule is Cc1ccccc1CC(=O)Nc1ccc(F)cc1Br. The third-order valence-corrected chi connectivity index (χ3v) is 3.47. The summed E-state index contributed by atoms with van der Waals surface area (Å²) in [6, 6.07) is 11.9. The van der Waals surface area contributed by atoms with Crippen LogP contribution in [-0.2, 0) is 11.2 Å². The van der Waals surface area contributed by atoms with Crippen molar-refractivity contribution in [1.82, 2.24) is 0 Å². The van der Waals surface area contributed by atoms with Crippen LogP contribution in [0.2, 0.25) is 0 Å². The van der Waals surface area contributed by atoms with Crippen LogP contribution in [0.4, 0.5) is 10.1 Å². The lowest BCUT2D eigenvalue weighted by atomic mass is 10.1. The Hall–Kier alpha value is -1.68. The number of hydrogen-bond acceptors (Lipinski definition) is 1. The first-order valence-corrected chi connectivity index (χ1v) is 6.65. The van der Waals surface area contributed by atoms with Crippen molar-refractivity contribution in [2.24, 2.45) is 0 Å². The van der Waals surface area contributed by atoms with Crippen LogP contribution in [0.3, 0.4) is 0 Å². The van der Waals surface area contributed by atoms with Gasteiger partial charge in [0.25, 0.3) is 0 Å². The van der Waals surface area contributed by atoms with Gasteiger partial charge < -0.3 is 5.32 Å². The highest BCUT2D eigenvalue weighted by atomic mass is 79.9. The summed E-state index contributed by atoms with van der Waals surface area (Å²) in [6.45, 7) is 1.97. The van der Waals surface area contributed by atoms with Gasteiger partial charge in [0.05, 0.1) is 12.1 Å². The average Bonchev–Trinajstić information content (AvgIpc) is 2.36. The van der Waals surface area contributed by atoms with Crippen LogP contribution < -0.4 is 5.32 Å². The van der Waals surface area contributed by atoms with E-state index in [9.17, 15) is 9.18 Å². The van der Waals surface area contributed by atoms with Crippen molar-refractivity contribution in [3.63, 3.8) is 0 Å². The molecule has 0 saturated carbocycles. The fraction of sp³-hybridized carbons (Fsp3) is 0.133. The first-order chi connectivity index (χ1) is 9.06. The fourth-order valence-corrected chi connectivity index (χ4v) is 2.22. The van der Waals surface area contributed by atoms with Crippen molar-refractivity contribution < 1.29 is 9.18 Å². The molecule has 0 saturated heterocycles. The Morgan fingerprint density at radius 3 is 2.68 bits per heavy atom. The molecule has 0 heterocycles. The standard InChI is InChI=1S/C15H13BrFNO/c1-10-4-2-3-5-11(10)8-15(19)18-14-7-6-12(17)9-13(14)16/h2-7,9H,8H2,1H3,(H,18,19). The number of benzene rings is 2. The molecular weight excluding hydrogens is 309 g/mol. The van der Waals surface area contributed by atoms with Crippen molar-refractivity contribution in [1.29, 1.82) is 0 Å². The molecule has 1 N–H and O–H groups in total. The lowest BCUT2D eigenvalue weighted by Gasteiger charge is -2.09. The number of carbonyl (C=O) groups is 1. The van der Waals surface area contributed by atoms with Crippen LogP contribution in [0.25, 0.3) is 0 Å². The number of anilines is 1. The van der Waals surface area contributed by atoms with Gasteiger partial charge in [-0.05, 0) is 52.2 Å². The summed E-state index contributed by atoms with van der Waals surface area (Å²) in [5, 5.41) is 2.76. The molecule has 0 fully saturated rings. The van der Waals surface area contributed by atoms with Crippen LogP contribution in [0, 0.1) is 12.7 Å². The number of hydrogen-bond donors (Lipinski definition) is 1. The van der Waals surface area contributed by atoms with Gasteiger partial charge in [0.2, 0.25) is 5.91 Å². The molecule has 1 amide bonds. The molecule has 0 unspecified atom stereocenters. The second-order valence-corrected chi connectivity index (χ2v) is 5.13. The smallest absolute Gasteiger partial charge is 0.228 e. The second kappa shape index (κ2) is 5.97. The van der Waals surface area contributed by atoms with Crippen LogP contribution >= 0.6 is 15.9 Å². The Morgan fingerprint density at radius 2 is 2.00 bits per heavy atom. The zero-order valence-corrected chi connectivity index (χ0v) is 12.0. The highest BCUT2D eigenvalue weighted by Crippen LogP contribution is 2.23. The van der Waals surface area contributed by atoms with E-state index in [1.807, 2.05) is 31.2 Å². The van der Waals surface area contributed by atoms with E-state index in [0.29, 0.717) is 16.6 Å². The molecule has 98 valence electrons. The van der Waals surface area contributed by atoms with E-state index in [0.717, 1.165) is 11.1 Å². The quantitative estimate of drug-likeness (QED) is 0.906. The molecular formula is C15H13BrFNO. The Morgan fingerprint density at radius 1 is 1.26 bits per heavy atom. The predicted octanol–water partition coefficient (Wildman–Crippen LogP) is 4.08. The number of carbonyl (C=O) groups excluding carboxylic acids is 1. The summed E-state index contributed by atoms with van der Waals surface area (Å²) < 4.78 is 13.5. The normalized spacial score (nSPS) is 10.3. The summed E-state index contributed by atoms with van der Waals surface area (Å²) in [7, 11) is 0. The largest absolute Gasteiger partial charge is 0.325 e. The molecule has 2 nitrogen and oxygen atoms in total. The van der Waals surface area contributed by atoms with Gasteiger partial charge in [-0.3, -0.25) is 4.79 Å². The molecule has 4 heteroatoms. The molecule has 0 spiro atoms. The van der Waals surface area contributed by atoms with Crippen molar-refractivity contribution >= 4 is 27.5 Å². The summed E-state index contributed by atoms with van der Waals surface area (Å²) in [5.74, 6) is -0.467. The maximum absolute atomic E-state index is 12.9. The molecule has 2 rings (SSSR count). The number of aryl methyl sites for hydroxylation is 1. The highest BCUT2D eigenvalue weighted by Gasteiger charge is 2.08. The monoisotopic (exact) mass is 321 g/mol. The summed E-state index contributed by atoms with van der Waals surface area (Å²) >= 11 is 3.22. The topological polar surface area (TPSA) is 29.1 Å². The van der Waals surface area contributed by atoms with E-state index in [1.165, 1.54) is 18.2 Å². The van der Waals surface area contributed by atoms with Gasteiger partial charge in [-0.2, -0.15) is 0 Å². The third-order valence-electron chi connectivity index (χ3n) is 2.82. The van der Waals surface area contributed by atoms with E-state index in [4.69, 9.17) is 0 Å². The lowest BCUT2D eigenvalue weighted by molar-refractivity contribution is -0.115. The average molecular weight is 322 g/mol. The minimum absolute atomic E-state index is 0.124. The molecule has 19 heavy (non-hydrogen) atoms. The Kier molecular flexibility index (Phi) is 4.32. The molecule has 0 aliphatic carbocycles. The van der Waals surface area contributed by atoms with Gasteiger partial charge >= 0.3 is 0 Å². The summed E-state index contributed by atoms with van der Waals surface area (Å²) in [5.41, 5.74) is 2.63. The van der Waals surface area contributed by atoms with Crippen molar-refractivity contribution in [3.8, 4) is 0 Å². The molecule has 2 aromatic carbocycles. The molecule has 0 atom stereocenters. The van der Waals surface area contributed by atoms with Gasteiger partial charge in [-0.15, -0.1) is 0 Å². The Labute approximate surface area is 119 Å². The van der Waals surface area contributed by atoms with Gasteiger partial charge in [-0.25, -0.2) is 4.39 Å². The van der Waals surface area contributed by atoms with Crippen molar-refractivity contribution in [3.05, 3.63) is 63.9 Å². The number of nitrogens with one attached hydrogen (secondary N) is 1. The Bertz CT molecular complexity index is 613. The molecule has 0 aliphatic heterocycles. The maximum atomic E-state index is 12.9. The van der Waals surface area contributed by atoms with Gasteiger partial charge in [-0.1, -0.05) is 24.3 Å². The molecule has 0 aromatic heterocycles. The second-order valence-electron chi connectivity index (χ2n) is 4.28. The number of halogens is 2. The minimum Gasteiger partial charge on any atom is -0.325 e. The molecule has 0 radical (unpaired) electrons. The number of rotatable bonds is 3. The van der Waals surface area contributed by atoms with Gasteiger partial charge in [0.15, 0.2) is 0 Å². The van der Waals surface area contributed by atoms with Crippen LogP contribution in [0.15, 0.2) is 46.9 Å². The predicted molar refractivity (Wildman–Crippen MR) is 77.6 cm³/mol. The molecule has 0 bridgehead atoms. The van der Waals surface area contributed by atoms with Crippen LogP contribution in [0.5, 0.6) is 0 Å². The van der Waals surface area contributed by atoms with Gasteiger partial charge in [0, 0.05) is 4.47 Å². The zero-order valence-electron chi connectivity index (χ0n) is 10.4. The minimum atomic E-state index is -0.344. The van der Waals surface area contributed by atoms with Crippen molar-refractivity contribution in [2.45, 2.75) is 13.3 Å².